The van der Waals surface area contributed by atoms with E-state index in [1.807, 2.05) is 29.2 Å². The summed E-state index contributed by atoms with van der Waals surface area (Å²) in [7, 11) is 0. The van der Waals surface area contributed by atoms with E-state index in [-0.39, 0.29) is 17.8 Å². The van der Waals surface area contributed by atoms with Gasteiger partial charge in [0.2, 0.25) is 0 Å². The van der Waals surface area contributed by atoms with Crippen LogP contribution in [0.5, 0.6) is 0 Å². The van der Waals surface area contributed by atoms with Gasteiger partial charge in [-0.15, -0.1) is 0 Å². The van der Waals surface area contributed by atoms with E-state index in [0.717, 1.165) is 43.1 Å². The summed E-state index contributed by atoms with van der Waals surface area (Å²) in [6.07, 6.45) is 2.05. The molecule has 134 valence electrons. The van der Waals surface area contributed by atoms with Gasteiger partial charge in [0.1, 0.15) is 5.82 Å². The normalized spacial score (nSPS) is 16.0. The third-order valence-electron chi connectivity index (χ3n) is 4.58. The number of halogens is 1. The number of nitrogens with zero attached hydrogens (tertiary/aromatic N) is 2. The molecule has 0 bridgehead atoms. The van der Waals surface area contributed by atoms with Crippen molar-refractivity contribution in [1.29, 1.82) is 0 Å². The smallest absolute Gasteiger partial charge is 0.254 e. The van der Waals surface area contributed by atoms with Gasteiger partial charge in [-0.25, -0.2) is 4.39 Å². The van der Waals surface area contributed by atoms with Crippen molar-refractivity contribution in [3.8, 4) is 0 Å². The lowest BCUT2D eigenvalue weighted by atomic mass is 10.1. The Morgan fingerprint density at radius 1 is 1.15 bits per heavy atom. The molecule has 1 aliphatic carbocycles. The average molecular weight is 352 g/mol. The SMILES string of the molecule is O=C(c1ccc(F)cc1)N(Cc1ccc(NC2=NCCN2)cc1)C1CC1. The summed E-state index contributed by atoms with van der Waals surface area (Å²) < 4.78 is 13.1. The number of hydrogen-bond acceptors (Lipinski definition) is 4. The van der Waals surface area contributed by atoms with Gasteiger partial charge < -0.3 is 15.5 Å². The van der Waals surface area contributed by atoms with Gasteiger partial charge in [-0.2, -0.15) is 0 Å². The zero-order chi connectivity index (χ0) is 17.9. The molecule has 2 aromatic rings. The van der Waals surface area contributed by atoms with Gasteiger partial charge in [0.15, 0.2) is 5.96 Å². The second-order valence-electron chi connectivity index (χ2n) is 6.65. The summed E-state index contributed by atoms with van der Waals surface area (Å²) in [5, 5.41) is 6.40. The maximum Gasteiger partial charge on any atom is 0.254 e. The quantitative estimate of drug-likeness (QED) is 0.870. The molecule has 5 nitrogen and oxygen atoms in total. The molecule has 1 aliphatic heterocycles. The van der Waals surface area contributed by atoms with Crippen LogP contribution in [0.2, 0.25) is 0 Å². The number of amides is 1. The second-order valence-corrected chi connectivity index (χ2v) is 6.65. The molecule has 0 radical (unpaired) electrons. The topological polar surface area (TPSA) is 56.7 Å². The predicted octanol–water partition coefficient (Wildman–Crippen LogP) is 3.00. The standard InChI is InChI=1S/C20H21FN4O/c21-16-5-3-15(4-6-16)19(26)25(18-9-10-18)13-14-1-7-17(8-2-14)24-20-22-11-12-23-20/h1-8,18H,9-13H2,(H2,22,23,24). The van der Waals surface area contributed by atoms with E-state index in [4.69, 9.17) is 0 Å². The Kier molecular flexibility index (Phi) is 4.56. The number of guanidine groups is 1. The Morgan fingerprint density at radius 2 is 1.88 bits per heavy atom. The third kappa shape index (κ3) is 3.85. The molecular weight excluding hydrogens is 331 g/mol. The average Bonchev–Trinajstić information content (AvgIpc) is 3.37. The Labute approximate surface area is 151 Å². The maximum absolute atomic E-state index is 13.1. The van der Waals surface area contributed by atoms with Crippen LogP contribution in [0.25, 0.3) is 0 Å². The molecule has 2 aliphatic rings. The van der Waals surface area contributed by atoms with E-state index in [9.17, 15) is 9.18 Å². The fourth-order valence-corrected chi connectivity index (χ4v) is 3.02. The van der Waals surface area contributed by atoms with E-state index < -0.39 is 0 Å². The molecule has 1 heterocycles. The number of hydrogen-bond donors (Lipinski definition) is 2. The lowest BCUT2D eigenvalue weighted by Gasteiger charge is -2.23. The van der Waals surface area contributed by atoms with Gasteiger partial charge in [-0.3, -0.25) is 9.79 Å². The minimum Gasteiger partial charge on any atom is -0.354 e. The number of anilines is 1. The van der Waals surface area contributed by atoms with Crippen LogP contribution >= 0.6 is 0 Å². The second kappa shape index (κ2) is 7.15. The van der Waals surface area contributed by atoms with Crippen molar-refractivity contribution < 1.29 is 9.18 Å². The van der Waals surface area contributed by atoms with Gasteiger partial charge in [0.05, 0.1) is 6.54 Å². The molecule has 4 rings (SSSR count). The maximum atomic E-state index is 13.1. The summed E-state index contributed by atoms with van der Waals surface area (Å²) in [4.78, 5) is 19.0. The minimum absolute atomic E-state index is 0.0424. The Hall–Kier alpha value is -2.89. The third-order valence-corrected chi connectivity index (χ3v) is 4.58. The van der Waals surface area contributed by atoms with Crippen molar-refractivity contribution in [1.82, 2.24) is 10.2 Å². The van der Waals surface area contributed by atoms with E-state index in [1.165, 1.54) is 12.1 Å². The number of carbonyl (C=O) groups excluding carboxylic acids is 1. The summed E-state index contributed by atoms with van der Waals surface area (Å²) in [6, 6.07) is 14.1. The number of nitrogens with one attached hydrogen (secondary N) is 2. The zero-order valence-corrected chi connectivity index (χ0v) is 14.4. The highest BCUT2D eigenvalue weighted by Gasteiger charge is 2.33. The summed E-state index contributed by atoms with van der Waals surface area (Å²) in [5.41, 5.74) is 2.56. The van der Waals surface area contributed by atoms with Gasteiger partial charge in [0, 0.05) is 30.4 Å². The molecule has 2 aromatic carbocycles. The first kappa shape index (κ1) is 16.6. The van der Waals surface area contributed by atoms with Crippen molar-refractivity contribution in [3.63, 3.8) is 0 Å². The summed E-state index contributed by atoms with van der Waals surface area (Å²) in [5.74, 6) is 0.423. The molecule has 6 heteroatoms. The molecule has 1 amide bonds. The predicted molar refractivity (Wildman–Crippen MR) is 99.7 cm³/mol. The summed E-state index contributed by atoms with van der Waals surface area (Å²) >= 11 is 0. The van der Waals surface area contributed by atoms with Crippen molar-refractivity contribution >= 4 is 17.6 Å². The first-order valence-corrected chi connectivity index (χ1v) is 8.90. The van der Waals surface area contributed by atoms with Crippen LogP contribution in [0.3, 0.4) is 0 Å². The van der Waals surface area contributed by atoms with Crippen LogP contribution < -0.4 is 10.6 Å². The van der Waals surface area contributed by atoms with E-state index in [2.05, 4.69) is 15.6 Å². The van der Waals surface area contributed by atoms with Crippen LogP contribution in [-0.4, -0.2) is 35.9 Å². The Bertz CT molecular complexity index is 813. The molecule has 0 aromatic heterocycles. The van der Waals surface area contributed by atoms with E-state index in [0.29, 0.717) is 12.1 Å². The highest BCUT2D eigenvalue weighted by Crippen LogP contribution is 2.30. The fourth-order valence-electron chi connectivity index (χ4n) is 3.02. The fraction of sp³-hybridized carbons (Fsp3) is 0.300. The molecule has 0 atom stereocenters. The van der Waals surface area contributed by atoms with Crippen molar-refractivity contribution in [2.24, 2.45) is 4.99 Å². The number of carbonyl (C=O) groups is 1. The zero-order valence-electron chi connectivity index (χ0n) is 14.4. The molecule has 0 unspecified atom stereocenters. The molecule has 1 saturated carbocycles. The van der Waals surface area contributed by atoms with Crippen LogP contribution in [0.1, 0.15) is 28.8 Å². The van der Waals surface area contributed by atoms with Crippen LogP contribution in [-0.2, 0) is 6.54 Å². The minimum atomic E-state index is -0.330. The highest BCUT2D eigenvalue weighted by atomic mass is 19.1. The first-order valence-electron chi connectivity index (χ1n) is 8.90. The Balaban J connectivity index is 1.44. The molecule has 2 N–H and O–H groups in total. The van der Waals surface area contributed by atoms with Gasteiger partial charge in [-0.1, -0.05) is 12.1 Å². The van der Waals surface area contributed by atoms with E-state index >= 15 is 0 Å². The lowest BCUT2D eigenvalue weighted by molar-refractivity contribution is 0.0730. The number of aliphatic imine (C=N–C) groups is 1. The number of rotatable bonds is 5. The van der Waals surface area contributed by atoms with Crippen LogP contribution in [0.4, 0.5) is 10.1 Å². The molecular formula is C20H21FN4O. The van der Waals surface area contributed by atoms with Crippen molar-refractivity contribution in [3.05, 3.63) is 65.5 Å². The highest BCUT2D eigenvalue weighted by molar-refractivity contribution is 5.95. The monoisotopic (exact) mass is 352 g/mol. The first-order chi connectivity index (χ1) is 12.7. The van der Waals surface area contributed by atoms with Crippen molar-refractivity contribution in [2.45, 2.75) is 25.4 Å². The van der Waals surface area contributed by atoms with Crippen LogP contribution in [0, 0.1) is 5.82 Å². The van der Waals surface area contributed by atoms with Gasteiger partial charge in [0.25, 0.3) is 5.91 Å². The molecule has 26 heavy (non-hydrogen) atoms. The van der Waals surface area contributed by atoms with Gasteiger partial charge >= 0.3 is 0 Å². The summed E-state index contributed by atoms with van der Waals surface area (Å²) in [6.45, 7) is 2.21. The molecule has 1 fully saturated rings. The largest absolute Gasteiger partial charge is 0.354 e. The van der Waals surface area contributed by atoms with E-state index in [1.54, 1.807) is 12.1 Å². The van der Waals surface area contributed by atoms with Crippen LogP contribution in [0.15, 0.2) is 53.5 Å². The Morgan fingerprint density at radius 3 is 2.50 bits per heavy atom. The van der Waals surface area contributed by atoms with Gasteiger partial charge in [-0.05, 0) is 54.8 Å². The molecule has 0 spiro atoms. The van der Waals surface area contributed by atoms with Crippen molar-refractivity contribution in [2.75, 3.05) is 18.4 Å². The lowest BCUT2D eigenvalue weighted by Crippen LogP contribution is -2.32. The molecule has 0 saturated heterocycles. The number of benzene rings is 2.